The van der Waals surface area contributed by atoms with E-state index in [4.69, 9.17) is 9.47 Å². The average molecular weight is 827 g/mol. The van der Waals surface area contributed by atoms with E-state index in [0.29, 0.717) is 42.6 Å². The first kappa shape index (κ1) is 46.9. The molecule has 5 fully saturated rings. The molecular formula is C55H86O5. The molecule has 1 N–H and O–H groups in total. The van der Waals surface area contributed by atoms with Gasteiger partial charge in [-0.1, -0.05) is 143 Å². The first-order valence-corrected chi connectivity index (χ1v) is 25.1. The third-order valence-corrected chi connectivity index (χ3v) is 18.7. The molecule has 0 bridgehead atoms. The Kier molecular flexibility index (Phi) is 15.5. The van der Waals surface area contributed by atoms with Crippen LogP contribution in [0.25, 0.3) is 6.08 Å². The summed E-state index contributed by atoms with van der Waals surface area (Å²) in [6.07, 6.45) is 32.5. The highest BCUT2D eigenvalue weighted by molar-refractivity contribution is 5.87. The molecule has 5 nitrogen and oxygen atoms in total. The van der Waals surface area contributed by atoms with Crippen molar-refractivity contribution in [1.82, 2.24) is 0 Å². The molecule has 0 saturated heterocycles. The van der Waals surface area contributed by atoms with E-state index >= 15 is 0 Å². The summed E-state index contributed by atoms with van der Waals surface area (Å²) >= 11 is 0. The summed E-state index contributed by atoms with van der Waals surface area (Å²) in [4.78, 5) is 26.5. The number of benzene rings is 1. The van der Waals surface area contributed by atoms with E-state index in [0.717, 1.165) is 44.1 Å². The van der Waals surface area contributed by atoms with Gasteiger partial charge in [0, 0.05) is 23.3 Å². The molecule has 0 heterocycles. The van der Waals surface area contributed by atoms with Crippen molar-refractivity contribution in [3.05, 3.63) is 48.1 Å². The molecule has 60 heavy (non-hydrogen) atoms. The second-order valence-electron chi connectivity index (χ2n) is 22.4. The third kappa shape index (κ3) is 9.66. The quantitative estimate of drug-likeness (QED) is 0.0613. The zero-order valence-electron chi connectivity index (χ0n) is 39.4. The molecule has 5 heteroatoms. The minimum absolute atomic E-state index is 0.0254. The van der Waals surface area contributed by atoms with Crippen molar-refractivity contribution in [1.29, 1.82) is 0 Å². The topological polar surface area (TPSA) is 72.8 Å². The molecule has 5 saturated carbocycles. The lowest BCUT2D eigenvalue weighted by Gasteiger charge is -2.73. The highest BCUT2D eigenvalue weighted by Gasteiger charge is 2.71. The number of carbonyl (C=O) groups excluding carboxylic acids is 2. The first-order chi connectivity index (χ1) is 28.6. The predicted octanol–water partition coefficient (Wildman–Crippen LogP) is 15.0. The van der Waals surface area contributed by atoms with Crippen LogP contribution in [0.1, 0.15) is 208 Å². The van der Waals surface area contributed by atoms with Crippen LogP contribution in [-0.4, -0.2) is 29.8 Å². The maximum Gasteiger partial charge on any atom is 0.331 e. The summed E-state index contributed by atoms with van der Waals surface area (Å²) in [5.41, 5.74) is 2.79. The van der Waals surface area contributed by atoms with Gasteiger partial charge in [-0.2, -0.15) is 0 Å². The van der Waals surface area contributed by atoms with Crippen molar-refractivity contribution in [2.24, 2.45) is 56.7 Å². The number of carbonyl (C=O) groups is 2. The lowest BCUT2D eigenvalue weighted by atomic mass is 9.32. The monoisotopic (exact) mass is 827 g/mol. The van der Waals surface area contributed by atoms with Gasteiger partial charge in [0.1, 0.15) is 11.9 Å². The molecule has 1 aromatic carbocycles. The number of phenolic OH excluding ortho intramolecular Hbond substituents is 1. The van der Waals surface area contributed by atoms with E-state index in [-0.39, 0.29) is 50.9 Å². The summed E-state index contributed by atoms with van der Waals surface area (Å²) < 4.78 is 12.6. The van der Waals surface area contributed by atoms with E-state index in [1.165, 1.54) is 115 Å². The molecule has 6 rings (SSSR count). The standard InChI is InChI=1S/C55H86O5/c1-9-10-11-12-13-14-15-16-17-18-19-20-21-22-48(57)59-39-55-36-31-43(40(2)3)50(55)44-28-29-46-52(6)34-33-47(60-49(58)30-25-41-23-26-42(56)27-24-41)51(4,5)45(52)32-35-54(46,8)53(44,7)37-38-55/h23-27,30,43-47,50,56H,2,9-22,28-29,31-39H2,1,3-8H3/b30-25+/t43-,44+,45-,46+,47-,50+,52-,53+,54+,55+/m0/s1. The van der Waals surface area contributed by atoms with E-state index < -0.39 is 0 Å². The van der Waals surface area contributed by atoms with Crippen molar-refractivity contribution in [2.45, 2.75) is 209 Å². The van der Waals surface area contributed by atoms with Crippen LogP contribution in [0, 0.1) is 56.7 Å². The number of esters is 2. The summed E-state index contributed by atoms with van der Waals surface area (Å²) in [6.45, 7) is 22.5. The van der Waals surface area contributed by atoms with Gasteiger partial charge in [0.2, 0.25) is 0 Å². The molecule has 1 aromatic rings. The lowest BCUT2D eigenvalue weighted by molar-refractivity contribution is -0.251. The van der Waals surface area contributed by atoms with E-state index in [9.17, 15) is 14.7 Å². The van der Waals surface area contributed by atoms with Gasteiger partial charge in [0.05, 0.1) is 6.61 Å². The molecule has 0 aliphatic heterocycles. The Balaban J connectivity index is 1.04. The molecule has 10 atom stereocenters. The Bertz CT molecular complexity index is 1620. The molecule has 0 amide bonds. The number of ether oxygens (including phenoxy) is 2. The van der Waals surface area contributed by atoms with Crippen LogP contribution in [0.2, 0.25) is 0 Å². The third-order valence-electron chi connectivity index (χ3n) is 18.7. The van der Waals surface area contributed by atoms with Gasteiger partial charge in [-0.25, -0.2) is 4.79 Å². The van der Waals surface area contributed by atoms with Crippen LogP contribution < -0.4 is 0 Å². The number of hydrogen-bond donors (Lipinski definition) is 1. The summed E-state index contributed by atoms with van der Waals surface area (Å²) in [7, 11) is 0. The fraction of sp³-hybridized carbons (Fsp3) is 0.782. The smallest absolute Gasteiger partial charge is 0.331 e. The number of unbranched alkanes of at least 4 members (excludes halogenated alkanes) is 12. The van der Waals surface area contributed by atoms with Crippen molar-refractivity contribution < 1.29 is 24.2 Å². The van der Waals surface area contributed by atoms with Gasteiger partial charge in [0.25, 0.3) is 0 Å². The molecule has 5 aliphatic carbocycles. The molecule has 0 aromatic heterocycles. The maximum absolute atomic E-state index is 13.3. The molecule has 5 aliphatic rings. The van der Waals surface area contributed by atoms with Gasteiger partial charge in [0.15, 0.2) is 0 Å². The maximum atomic E-state index is 13.3. The first-order valence-electron chi connectivity index (χ1n) is 25.1. The highest BCUT2D eigenvalue weighted by atomic mass is 16.5. The zero-order chi connectivity index (χ0) is 43.2. The van der Waals surface area contributed by atoms with E-state index in [1.54, 1.807) is 36.4 Å². The lowest BCUT2D eigenvalue weighted by Crippen LogP contribution is -2.67. The van der Waals surface area contributed by atoms with E-state index in [2.05, 4.69) is 55.0 Å². The second-order valence-corrected chi connectivity index (χ2v) is 22.4. The molecule has 0 unspecified atom stereocenters. The zero-order valence-corrected chi connectivity index (χ0v) is 39.4. The molecule has 0 radical (unpaired) electrons. The fourth-order valence-electron chi connectivity index (χ4n) is 15.2. The highest BCUT2D eigenvalue weighted by Crippen LogP contribution is 2.77. The predicted molar refractivity (Wildman–Crippen MR) is 247 cm³/mol. The van der Waals surface area contributed by atoms with Crippen molar-refractivity contribution in [3.63, 3.8) is 0 Å². The Labute approximate surface area is 366 Å². The minimum Gasteiger partial charge on any atom is -0.508 e. The van der Waals surface area contributed by atoms with E-state index in [1.807, 2.05) is 0 Å². The Hall–Kier alpha value is -2.56. The van der Waals surface area contributed by atoms with Crippen molar-refractivity contribution >= 4 is 18.0 Å². The van der Waals surface area contributed by atoms with Crippen LogP contribution in [0.5, 0.6) is 5.75 Å². The number of hydrogen-bond acceptors (Lipinski definition) is 5. The van der Waals surface area contributed by atoms with Crippen molar-refractivity contribution in [2.75, 3.05) is 6.61 Å². The number of fused-ring (bicyclic) bond motifs is 7. The average Bonchev–Trinajstić information content (AvgIpc) is 3.60. The fourth-order valence-corrected chi connectivity index (χ4v) is 15.2. The van der Waals surface area contributed by atoms with Crippen LogP contribution in [0.15, 0.2) is 42.5 Å². The van der Waals surface area contributed by atoms with Crippen LogP contribution in [0.3, 0.4) is 0 Å². The van der Waals surface area contributed by atoms with Crippen LogP contribution in [0.4, 0.5) is 0 Å². The van der Waals surface area contributed by atoms with Crippen LogP contribution in [-0.2, 0) is 19.1 Å². The summed E-state index contributed by atoms with van der Waals surface area (Å²) in [5.74, 6) is 2.73. The number of phenols is 1. The molecule has 0 spiro atoms. The van der Waals surface area contributed by atoms with Gasteiger partial charge >= 0.3 is 11.9 Å². The number of allylic oxidation sites excluding steroid dienone is 1. The normalized spacial score (nSPS) is 35.5. The van der Waals surface area contributed by atoms with Gasteiger partial charge in [-0.15, -0.1) is 0 Å². The molecule has 336 valence electrons. The Morgan fingerprint density at radius 1 is 0.733 bits per heavy atom. The second kappa shape index (κ2) is 19.9. The largest absolute Gasteiger partial charge is 0.508 e. The molecular weight excluding hydrogens is 741 g/mol. The minimum atomic E-state index is -0.280. The van der Waals surface area contributed by atoms with Gasteiger partial charge in [-0.3, -0.25) is 4.79 Å². The summed E-state index contributed by atoms with van der Waals surface area (Å²) in [6, 6.07) is 6.88. The number of rotatable bonds is 20. The number of aromatic hydroxyl groups is 1. The Morgan fingerprint density at radius 2 is 1.37 bits per heavy atom. The van der Waals surface area contributed by atoms with Crippen molar-refractivity contribution in [3.8, 4) is 5.75 Å². The summed E-state index contributed by atoms with van der Waals surface area (Å²) in [5, 5.41) is 9.63. The Morgan fingerprint density at radius 3 is 2.00 bits per heavy atom. The SMILES string of the molecule is C=C(C)[C@@H]1CC[C@]2(COC(=O)CCCCCCCCCCCCCCC)CC[C@]3(C)[C@H](CC[C@@H]4[C@@]5(C)CC[C@H](OC(=O)/C=C/c6ccc(O)cc6)C(C)(C)[C@@H]5CC[C@]43C)[C@@H]12. The van der Waals surface area contributed by atoms with Gasteiger partial charge in [-0.05, 0) is 147 Å². The van der Waals surface area contributed by atoms with Crippen LogP contribution >= 0.6 is 0 Å². The van der Waals surface area contributed by atoms with Gasteiger partial charge < -0.3 is 14.6 Å².